The first kappa shape index (κ1) is 13.1. The van der Waals surface area contributed by atoms with Crippen LogP contribution in [0.1, 0.15) is 19.8 Å². The van der Waals surface area contributed by atoms with E-state index in [0.717, 1.165) is 12.2 Å². The lowest BCUT2D eigenvalue weighted by molar-refractivity contribution is 0.202. The molecule has 1 fully saturated rings. The van der Waals surface area contributed by atoms with Crippen LogP contribution in [0.2, 0.25) is 0 Å². The van der Waals surface area contributed by atoms with Crippen LogP contribution in [0.15, 0.2) is 18.2 Å². The van der Waals surface area contributed by atoms with Crippen molar-refractivity contribution < 1.29 is 9.13 Å². The third-order valence-corrected chi connectivity index (χ3v) is 3.57. The highest BCUT2D eigenvalue weighted by Crippen LogP contribution is 2.37. The third-order valence-electron chi connectivity index (χ3n) is 3.57. The zero-order valence-electron chi connectivity index (χ0n) is 11.0. The van der Waals surface area contributed by atoms with E-state index in [1.165, 1.54) is 18.9 Å². The topological polar surface area (TPSA) is 38.5 Å². The molecule has 2 N–H and O–H groups in total. The lowest BCUT2D eigenvalue weighted by atomic mass is 10.1. The first-order valence-electron chi connectivity index (χ1n) is 6.43. The molecule has 1 aromatic carbocycles. The first-order chi connectivity index (χ1) is 8.61. The zero-order chi connectivity index (χ0) is 13.1. The summed E-state index contributed by atoms with van der Waals surface area (Å²) in [6.45, 7) is 3.58. The molecule has 1 atom stereocenters. The van der Waals surface area contributed by atoms with Crippen molar-refractivity contribution in [1.29, 1.82) is 0 Å². The second-order valence-corrected chi connectivity index (χ2v) is 5.01. The summed E-state index contributed by atoms with van der Waals surface area (Å²) in [7, 11) is 1.68. The Labute approximate surface area is 108 Å². The maximum Gasteiger partial charge on any atom is 0.127 e. The molecule has 1 saturated carbocycles. The minimum Gasteiger partial charge on any atom is -0.399 e. The van der Waals surface area contributed by atoms with Crippen molar-refractivity contribution in [3.63, 3.8) is 0 Å². The summed E-state index contributed by atoms with van der Waals surface area (Å²) in [5.74, 6) is 0.432. The number of halogens is 1. The number of hydrogen-bond donors (Lipinski definition) is 1. The molecule has 0 heterocycles. The second-order valence-electron chi connectivity index (χ2n) is 5.01. The highest BCUT2D eigenvalue weighted by atomic mass is 19.1. The van der Waals surface area contributed by atoms with Crippen LogP contribution in [0, 0.1) is 11.7 Å². The largest absolute Gasteiger partial charge is 0.399 e. The van der Waals surface area contributed by atoms with Crippen LogP contribution in [0.25, 0.3) is 0 Å². The zero-order valence-corrected chi connectivity index (χ0v) is 11.0. The van der Waals surface area contributed by atoms with E-state index < -0.39 is 0 Å². The molecule has 1 unspecified atom stereocenters. The SMILES string of the molecule is COCCN(c1cc(N)cc(F)c1)C(C)C1CC1. The fourth-order valence-corrected chi connectivity index (χ4v) is 2.35. The van der Waals surface area contributed by atoms with Crippen LogP contribution >= 0.6 is 0 Å². The predicted octanol–water partition coefficient (Wildman–Crippen LogP) is 2.66. The maximum atomic E-state index is 13.5. The molecule has 2 rings (SSSR count). The Kier molecular flexibility index (Phi) is 4.07. The molecule has 0 radical (unpaired) electrons. The van der Waals surface area contributed by atoms with Gasteiger partial charge in [0.15, 0.2) is 0 Å². The first-order valence-corrected chi connectivity index (χ1v) is 6.43. The molecule has 0 aromatic heterocycles. The molecule has 0 amide bonds. The average molecular weight is 252 g/mol. The Bertz CT molecular complexity index is 387. The normalized spacial score (nSPS) is 16.6. The van der Waals surface area contributed by atoms with Gasteiger partial charge < -0.3 is 15.4 Å². The van der Waals surface area contributed by atoms with Crippen LogP contribution in [0.3, 0.4) is 0 Å². The molecule has 18 heavy (non-hydrogen) atoms. The molecule has 0 saturated heterocycles. The molecule has 1 aromatic rings. The van der Waals surface area contributed by atoms with Crippen molar-refractivity contribution >= 4 is 11.4 Å². The fourth-order valence-electron chi connectivity index (χ4n) is 2.35. The van der Waals surface area contributed by atoms with Gasteiger partial charge >= 0.3 is 0 Å². The second kappa shape index (κ2) is 5.57. The standard InChI is InChI=1S/C14H21FN2O/c1-10(11-3-4-11)17(5-6-18-2)14-8-12(15)7-13(16)9-14/h7-11H,3-6,16H2,1-2H3. The quantitative estimate of drug-likeness (QED) is 0.791. The van der Waals surface area contributed by atoms with Gasteiger partial charge in [-0.1, -0.05) is 0 Å². The molecule has 1 aliphatic carbocycles. The number of hydrogen-bond acceptors (Lipinski definition) is 3. The van der Waals surface area contributed by atoms with Crippen LogP contribution in [-0.2, 0) is 4.74 Å². The lowest BCUT2D eigenvalue weighted by Gasteiger charge is -2.31. The summed E-state index contributed by atoms with van der Waals surface area (Å²) in [5.41, 5.74) is 7.04. The highest BCUT2D eigenvalue weighted by Gasteiger charge is 2.32. The number of rotatable bonds is 6. The molecule has 1 aliphatic rings. The van der Waals surface area contributed by atoms with E-state index in [4.69, 9.17) is 10.5 Å². The van der Waals surface area contributed by atoms with Crippen molar-refractivity contribution in [3.05, 3.63) is 24.0 Å². The van der Waals surface area contributed by atoms with Crippen LogP contribution < -0.4 is 10.6 Å². The number of nitrogens with two attached hydrogens (primary N) is 1. The minimum absolute atomic E-state index is 0.282. The van der Waals surface area contributed by atoms with E-state index in [1.807, 2.05) is 6.07 Å². The van der Waals surface area contributed by atoms with Crippen LogP contribution in [0.4, 0.5) is 15.8 Å². The van der Waals surface area contributed by atoms with E-state index in [-0.39, 0.29) is 5.82 Å². The third kappa shape index (κ3) is 3.13. The van der Waals surface area contributed by atoms with Gasteiger partial charge in [0.05, 0.1) is 6.61 Å². The Morgan fingerprint density at radius 2 is 2.17 bits per heavy atom. The molecule has 0 spiro atoms. The van der Waals surface area contributed by atoms with Crippen molar-refractivity contribution in [2.75, 3.05) is 30.9 Å². The Hall–Kier alpha value is -1.29. The molecule has 0 bridgehead atoms. The van der Waals surface area contributed by atoms with Crippen molar-refractivity contribution in [3.8, 4) is 0 Å². The number of ether oxygens (including phenoxy) is 1. The van der Waals surface area contributed by atoms with Crippen molar-refractivity contribution in [1.82, 2.24) is 0 Å². The van der Waals surface area contributed by atoms with Gasteiger partial charge in [-0.05, 0) is 43.9 Å². The van der Waals surface area contributed by atoms with Crippen LogP contribution in [0.5, 0.6) is 0 Å². The Morgan fingerprint density at radius 1 is 1.44 bits per heavy atom. The minimum atomic E-state index is -0.282. The van der Waals surface area contributed by atoms with Gasteiger partial charge in [-0.15, -0.1) is 0 Å². The Morgan fingerprint density at radius 3 is 2.72 bits per heavy atom. The maximum absolute atomic E-state index is 13.5. The average Bonchev–Trinajstić information content (AvgIpc) is 3.11. The van der Waals surface area contributed by atoms with E-state index in [2.05, 4.69) is 11.8 Å². The van der Waals surface area contributed by atoms with Gasteiger partial charge in [0.25, 0.3) is 0 Å². The molecule has 0 aliphatic heterocycles. The van der Waals surface area contributed by atoms with E-state index in [1.54, 1.807) is 13.2 Å². The fraction of sp³-hybridized carbons (Fsp3) is 0.571. The number of anilines is 2. The van der Waals surface area contributed by atoms with Gasteiger partial charge in [0, 0.05) is 31.1 Å². The monoisotopic (exact) mass is 252 g/mol. The Balaban J connectivity index is 2.20. The summed E-state index contributed by atoms with van der Waals surface area (Å²) in [6.07, 6.45) is 2.52. The smallest absolute Gasteiger partial charge is 0.127 e. The number of methoxy groups -OCH3 is 1. The van der Waals surface area contributed by atoms with Gasteiger partial charge in [0.2, 0.25) is 0 Å². The summed E-state index contributed by atoms with van der Waals surface area (Å²) in [4.78, 5) is 2.20. The number of nitrogen functional groups attached to an aromatic ring is 1. The van der Waals surface area contributed by atoms with E-state index in [0.29, 0.717) is 24.3 Å². The van der Waals surface area contributed by atoms with Gasteiger partial charge in [0.1, 0.15) is 5.82 Å². The van der Waals surface area contributed by atoms with Crippen molar-refractivity contribution in [2.24, 2.45) is 5.92 Å². The van der Waals surface area contributed by atoms with Gasteiger partial charge in [-0.3, -0.25) is 0 Å². The number of benzene rings is 1. The summed E-state index contributed by atoms with van der Waals surface area (Å²) in [5, 5.41) is 0. The van der Waals surface area contributed by atoms with Crippen molar-refractivity contribution in [2.45, 2.75) is 25.8 Å². The molecule has 100 valence electrons. The predicted molar refractivity (Wildman–Crippen MR) is 72.2 cm³/mol. The summed E-state index contributed by atoms with van der Waals surface area (Å²) >= 11 is 0. The highest BCUT2D eigenvalue weighted by molar-refractivity contribution is 5.57. The molecule has 4 heteroatoms. The molecular weight excluding hydrogens is 231 g/mol. The van der Waals surface area contributed by atoms with Gasteiger partial charge in [-0.25, -0.2) is 4.39 Å². The van der Waals surface area contributed by atoms with Crippen LogP contribution in [-0.4, -0.2) is 26.3 Å². The number of nitrogens with zero attached hydrogens (tertiary/aromatic N) is 1. The molecule has 3 nitrogen and oxygen atoms in total. The van der Waals surface area contributed by atoms with Gasteiger partial charge in [-0.2, -0.15) is 0 Å². The summed E-state index contributed by atoms with van der Waals surface area (Å²) in [6, 6.07) is 5.13. The molecular formula is C14H21FN2O. The summed E-state index contributed by atoms with van der Waals surface area (Å²) < 4.78 is 18.6. The van der Waals surface area contributed by atoms with E-state index >= 15 is 0 Å². The van der Waals surface area contributed by atoms with E-state index in [9.17, 15) is 4.39 Å². The lowest BCUT2D eigenvalue weighted by Crippen LogP contribution is -2.37.